The summed E-state index contributed by atoms with van der Waals surface area (Å²) in [5.41, 5.74) is 2.54. The van der Waals surface area contributed by atoms with Crippen LogP contribution in [0.15, 0.2) is 6.20 Å². The van der Waals surface area contributed by atoms with Gasteiger partial charge >= 0.3 is 0 Å². The van der Waals surface area contributed by atoms with Gasteiger partial charge in [0.25, 0.3) is 0 Å². The van der Waals surface area contributed by atoms with Gasteiger partial charge in [-0.3, -0.25) is 4.68 Å². The van der Waals surface area contributed by atoms with Gasteiger partial charge in [0.05, 0.1) is 5.69 Å². The molecular formula is C14H28N4. The highest BCUT2D eigenvalue weighted by Crippen LogP contribution is 2.06. The van der Waals surface area contributed by atoms with E-state index in [9.17, 15) is 0 Å². The first kappa shape index (κ1) is 15.2. The Labute approximate surface area is 111 Å². The van der Waals surface area contributed by atoms with Gasteiger partial charge in [-0.2, -0.15) is 5.10 Å². The van der Waals surface area contributed by atoms with Crippen molar-refractivity contribution in [3.8, 4) is 0 Å². The summed E-state index contributed by atoms with van der Waals surface area (Å²) in [4.78, 5) is 2.38. The molecule has 0 spiro atoms. The lowest BCUT2D eigenvalue weighted by Gasteiger charge is -2.20. The van der Waals surface area contributed by atoms with Crippen molar-refractivity contribution in [1.82, 2.24) is 20.0 Å². The molecule has 1 rings (SSSR count). The van der Waals surface area contributed by atoms with Crippen LogP contribution >= 0.6 is 0 Å². The minimum Gasteiger partial charge on any atom is -0.312 e. The molecule has 1 N–H and O–H groups in total. The van der Waals surface area contributed by atoms with Gasteiger partial charge in [0.2, 0.25) is 0 Å². The smallest absolute Gasteiger partial charge is 0.0666 e. The number of aromatic nitrogens is 2. The number of aryl methyl sites for hydroxylation is 2. The number of nitrogens with zero attached hydrogens (tertiary/aromatic N) is 3. The summed E-state index contributed by atoms with van der Waals surface area (Å²) in [7, 11) is 4.17. The quantitative estimate of drug-likeness (QED) is 0.716. The van der Waals surface area contributed by atoms with Gasteiger partial charge in [0, 0.05) is 31.4 Å². The summed E-state index contributed by atoms with van der Waals surface area (Å²) < 4.78 is 1.91. The van der Waals surface area contributed by atoms with Gasteiger partial charge in [-0.15, -0.1) is 0 Å². The standard InChI is InChI=1S/C14H28N4/c1-6-14-13(11-18(5)16-14)10-15-8-7-9-17(4)12(2)3/h11-12,15H,6-10H2,1-5H3. The lowest BCUT2D eigenvalue weighted by molar-refractivity contribution is 0.269. The Balaban J connectivity index is 2.21. The lowest BCUT2D eigenvalue weighted by atomic mass is 10.2. The third-order valence-electron chi connectivity index (χ3n) is 3.39. The summed E-state index contributed by atoms with van der Waals surface area (Å²) in [6, 6.07) is 0.634. The van der Waals surface area contributed by atoms with E-state index in [2.05, 4.69) is 49.3 Å². The van der Waals surface area contributed by atoms with Gasteiger partial charge in [-0.25, -0.2) is 0 Å². The minimum atomic E-state index is 0.634. The zero-order chi connectivity index (χ0) is 13.5. The minimum absolute atomic E-state index is 0.634. The SMILES string of the molecule is CCc1nn(C)cc1CNCCCN(C)C(C)C. The molecule has 104 valence electrons. The fraction of sp³-hybridized carbons (Fsp3) is 0.786. The average Bonchev–Trinajstić information content (AvgIpc) is 2.68. The van der Waals surface area contributed by atoms with Crippen LogP contribution in [0.2, 0.25) is 0 Å². The molecule has 1 heterocycles. The molecule has 0 aliphatic rings. The molecule has 1 aromatic heterocycles. The monoisotopic (exact) mass is 252 g/mol. The van der Waals surface area contributed by atoms with Crippen molar-refractivity contribution in [2.75, 3.05) is 20.1 Å². The topological polar surface area (TPSA) is 33.1 Å². The van der Waals surface area contributed by atoms with Crippen LogP contribution in [0.1, 0.15) is 38.4 Å². The van der Waals surface area contributed by atoms with E-state index in [0.29, 0.717) is 6.04 Å². The third-order valence-corrected chi connectivity index (χ3v) is 3.39. The molecule has 0 aliphatic heterocycles. The second-order valence-corrected chi connectivity index (χ2v) is 5.23. The Bertz CT molecular complexity index is 344. The third kappa shape index (κ3) is 4.78. The van der Waals surface area contributed by atoms with E-state index in [-0.39, 0.29) is 0 Å². The molecular weight excluding hydrogens is 224 g/mol. The normalized spacial score (nSPS) is 11.7. The van der Waals surface area contributed by atoms with E-state index in [4.69, 9.17) is 0 Å². The molecule has 18 heavy (non-hydrogen) atoms. The summed E-state index contributed by atoms with van der Waals surface area (Å²) in [5, 5.41) is 7.95. The fourth-order valence-corrected chi connectivity index (χ4v) is 1.96. The predicted molar refractivity (Wildman–Crippen MR) is 76.7 cm³/mol. The van der Waals surface area contributed by atoms with Crippen LogP contribution in [0.3, 0.4) is 0 Å². The first-order valence-electron chi connectivity index (χ1n) is 6.97. The van der Waals surface area contributed by atoms with Crippen molar-refractivity contribution in [2.45, 2.75) is 46.2 Å². The van der Waals surface area contributed by atoms with Gasteiger partial charge in [0.15, 0.2) is 0 Å². The Kier molecular flexibility index (Phi) is 6.36. The molecule has 0 fully saturated rings. The Morgan fingerprint density at radius 1 is 1.44 bits per heavy atom. The molecule has 0 unspecified atom stereocenters. The van der Waals surface area contributed by atoms with Crippen molar-refractivity contribution in [2.24, 2.45) is 7.05 Å². The molecule has 0 bridgehead atoms. The highest BCUT2D eigenvalue weighted by molar-refractivity contribution is 5.16. The number of hydrogen-bond donors (Lipinski definition) is 1. The summed E-state index contributed by atoms with van der Waals surface area (Å²) in [5.74, 6) is 0. The van der Waals surface area contributed by atoms with E-state index in [1.807, 2.05) is 11.7 Å². The summed E-state index contributed by atoms with van der Waals surface area (Å²) in [6.45, 7) is 9.77. The first-order chi connectivity index (χ1) is 8.54. The molecule has 0 saturated heterocycles. The lowest BCUT2D eigenvalue weighted by Crippen LogP contribution is -2.29. The van der Waals surface area contributed by atoms with Gasteiger partial charge in [-0.1, -0.05) is 6.92 Å². The maximum absolute atomic E-state index is 4.45. The van der Waals surface area contributed by atoms with Gasteiger partial charge < -0.3 is 10.2 Å². The predicted octanol–water partition coefficient (Wildman–Crippen LogP) is 1.80. The number of rotatable bonds is 8. The molecule has 0 radical (unpaired) electrons. The summed E-state index contributed by atoms with van der Waals surface area (Å²) >= 11 is 0. The molecule has 1 aromatic rings. The van der Waals surface area contributed by atoms with Crippen LogP contribution in [0.5, 0.6) is 0 Å². The van der Waals surface area contributed by atoms with Crippen LogP contribution in [0, 0.1) is 0 Å². The Morgan fingerprint density at radius 2 is 2.17 bits per heavy atom. The second-order valence-electron chi connectivity index (χ2n) is 5.23. The molecule has 4 nitrogen and oxygen atoms in total. The molecule has 0 aromatic carbocycles. The maximum Gasteiger partial charge on any atom is 0.0666 e. The van der Waals surface area contributed by atoms with Crippen molar-refractivity contribution in [1.29, 1.82) is 0 Å². The zero-order valence-corrected chi connectivity index (χ0v) is 12.5. The van der Waals surface area contributed by atoms with E-state index >= 15 is 0 Å². The largest absolute Gasteiger partial charge is 0.312 e. The van der Waals surface area contributed by atoms with Gasteiger partial charge in [-0.05, 0) is 46.8 Å². The van der Waals surface area contributed by atoms with Crippen LogP contribution in [-0.2, 0) is 20.0 Å². The molecule has 0 atom stereocenters. The van der Waals surface area contributed by atoms with E-state index in [0.717, 1.165) is 26.1 Å². The Morgan fingerprint density at radius 3 is 2.78 bits per heavy atom. The fourth-order valence-electron chi connectivity index (χ4n) is 1.96. The molecule has 4 heteroatoms. The van der Waals surface area contributed by atoms with E-state index < -0.39 is 0 Å². The maximum atomic E-state index is 4.45. The molecule has 0 aliphatic carbocycles. The average molecular weight is 252 g/mol. The van der Waals surface area contributed by atoms with Crippen molar-refractivity contribution < 1.29 is 0 Å². The van der Waals surface area contributed by atoms with Crippen LogP contribution < -0.4 is 5.32 Å². The molecule has 0 saturated carbocycles. The van der Waals surface area contributed by atoms with Crippen molar-refractivity contribution in [3.05, 3.63) is 17.5 Å². The zero-order valence-electron chi connectivity index (χ0n) is 12.5. The summed E-state index contributed by atoms with van der Waals surface area (Å²) in [6.07, 6.45) is 4.32. The number of nitrogens with one attached hydrogen (secondary N) is 1. The number of hydrogen-bond acceptors (Lipinski definition) is 3. The first-order valence-corrected chi connectivity index (χ1v) is 6.97. The van der Waals surface area contributed by atoms with Crippen molar-refractivity contribution in [3.63, 3.8) is 0 Å². The van der Waals surface area contributed by atoms with Crippen LogP contribution in [0.25, 0.3) is 0 Å². The van der Waals surface area contributed by atoms with Gasteiger partial charge in [0.1, 0.15) is 0 Å². The van der Waals surface area contributed by atoms with E-state index in [1.165, 1.54) is 17.7 Å². The van der Waals surface area contributed by atoms with Crippen molar-refractivity contribution >= 4 is 0 Å². The van der Waals surface area contributed by atoms with Crippen LogP contribution in [0.4, 0.5) is 0 Å². The highest BCUT2D eigenvalue weighted by Gasteiger charge is 2.05. The second kappa shape index (κ2) is 7.54. The molecule has 0 amide bonds. The van der Waals surface area contributed by atoms with E-state index in [1.54, 1.807) is 0 Å². The van der Waals surface area contributed by atoms with Crippen LogP contribution in [-0.4, -0.2) is 40.9 Å². The Hall–Kier alpha value is -0.870. The highest BCUT2D eigenvalue weighted by atomic mass is 15.3.